The molecule has 4 nitrogen and oxygen atoms in total. The summed E-state index contributed by atoms with van der Waals surface area (Å²) in [4.78, 5) is 11.4. The number of carbonyl (C=O) groups excluding carboxylic acids is 1. The van der Waals surface area contributed by atoms with Gasteiger partial charge in [0.25, 0.3) is 10.4 Å². The van der Waals surface area contributed by atoms with Crippen LogP contribution in [0.2, 0.25) is 0 Å². The van der Waals surface area contributed by atoms with Crippen LogP contribution >= 0.6 is 24.8 Å². The summed E-state index contributed by atoms with van der Waals surface area (Å²) in [5.41, 5.74) is 0.110. The van der Waals surface area contributed by atoms with Crippen LogP contribution in [0, 0.1) is 10.8 Å². The Kier molecular flexibility index (Phi) is 6.38. The second-order valence-corrected chi connectivity index (χ2v) is 8.90. The van der Waals surface area contributed by atoms with Gasteiger partial charge in [-0.3, -0.25) is 4.79 Å². The Morgan fingerprint density at radius 1 is 1.28 bits per heavy atom. The summed E-state index contributed by atoms with van der Waals surface area (Å²) in [6.45, 7) is 8.86. The van der Waals surface area contributed by atoms with E-state index in [4.69, 9.17) is 17.0 Å². The monoisotopic (exact) mass is 380 g/mol. The maximum Gasteiger partial charge on any atom is 0.276 e. The van der Waals surface area contributed by atoms with Crippen molar-refractivity contribution in [1.82, 2.24) is 10.6 Å². The molecule has 0 spiro atoms. The van der Waals surface area contributed by atoms with Crippen molar-refractivity contribution in [2.24, 2.45) is 10.8 Å². The highest BCUT2D eigenvalue weighted by Crippen LogP contribution is 2.48. The standard InChI is InChI=1S/C19H28N2O2S2/c1-13(20-17(25)23-15-8-6-5-7-9-15)19(4)11-14(21-16(22)24)10-18(2,3)12-19/h5-9,13-14H,10-12H2,1-4H3,(H,20,25)(H2,21,22,24). The number of thiol groups is 1. The third kappa shape index (κ3) is 5.89. The fourth-order valence-corrected chi connectivity index (χ4v) is 4.58. The van der Waals surface area contributed by atoms with Gasteiger partial charge in [-0.15, -0.1) is 0 Å². The first-order chi connectivity index (χ1) is 11.6. The zero-order valence-electron chi connectivity index (χ0n) is 15.3. The number of hydrogen-bond donors (Lipinski definition) is 3. The van der Waals surface area contributed by atoms with Gasteiger partial charge < -0.3 is 15.4 Å². The van der Waals surface area contributed by atoms with Crippen LogP contribution in [0.1, 0.15) is 47.0 Å². The van der Waals surface area contributed by atoms with Gasteiger partial charge in [0.1, 0.15) is 5.75 Å². The van der Waals surface area contributed by atoms with Crippen LogP contribution in [0.25, 0.3) is 0 Å². The molecule has 1 aromatic rings. The summed E-state index contributed by atoms with van der Waals surface area (Å²) >= 11 is 9.25. The molecule has 6 heteroatoms. The van der Waals surface area contributed by atoms with Crippen LogP contribution in [-0.2, 0) is 0 Å². The van der Waals surface area contributed by atoms with Crippen molar-refractivity contribution in [2.45, 2.75) is 59.0 Å². The van der Waals surface area contributed by atoms with E-state index < -0.39 is 0 Å². The average Bonchev–Trinajstić information content (AvgIpc) is 2.45. The number of rotatable bonds is 4. The van der Waals surface area contributed by atoms with Crippen molar-refractivity contribution >= 4 is 35.3 Å². The van der Waals surface area contributed by atoms with Crippen molar-refractivity contribution in [1.29, 1.82) is 0 Å². The van der Waals surface area contributed by atoms with Gasteiger partial charge in [-0.2, -0.15) is 0 Å². The molecule has 3 atom stereocenters. The Morgan fingerprint density at radius 3 is 2.52 bits per heavy atom. The topological polar surface area (TPSA) is 50.4 Å². The Hall–Kier alpha value is -1.27. The molecule has 1 aliphatic rings. The molecule has 138 valence electrons. The molecule has 0 bridgehead atoms. The van der Waals surface area contributed by atoms with E-state index in [9.17, 15) is 4.79 Å². The molecule has 2 N–H and O–H groups in total. The van der Waals surface area contributed by atoms with E-state index in [1.165, 1.54) is 0 Å². The van der Waals surface area contributed by atoms with Gasteiger partial charge in [-0.25, -0.2) is 0 Å². The number of para-hydroxylation sites is 1. The number of ether oxygens (including phenoxy) is 1. The fraction of sp³-hybridized carbons (Fsp3) is 0.579. The normalized spacial score (nSPS) is 26.4. The van der Waals surface area contributed by atoms with E-state index in [1.54, 1.807) is 0 Å². The molecule has 0 aliphatic heterocycles. The summed E-state index contributed by atoms with van der Waals surface area (Å²) in [6, 6.07) is 9.75. The zero-order chi connectivity index (χ0) is 18.7. The lowest BCUT2D eigenvalue weighted by molar-refractivity contribution is 0.0522. The third-order valence-electron chi connectivity index (χ3n) is 5.06. The van der Waals surface area contributed by atoms with Gasteiger partial charge in [0.05, 0.1) is 0 Å². The maximum absolute atomic E-state index is 11.4. The Balaban J connectivity index is 2.03. The number of benzene rings is 1. The molecule has 1 amide bonds. The first kappa shape index (κ1) is 20.0. The van der Waals surface area contributed by atoms with Crippen molar-refractivity contribution < 1.29 is 9.53 Å². The van der Waals surface area contributed by atoms with Crippen molar-refractivity contribution in [3.63, 3.8) is 0 Å². The average molecular weight is 381 g/mol. The van der Waals surface area contributed by atoms with Crippen LogP contribution in [0.5, 0.6) is 5.75 Å². The minimum Gasteiger partial charge on any atom is -0.432 e. The summed E-state index contributed by atoms with van der Waals surface area (Å²) in [7, 11) is 0. The largest absolute Gasteiger partial charge is 0.432 e. The quantitative estimate of drug-likeness (QED) is 0.530. The lowest BCUT2D eigenvalue weighted by Gasteiger charge is -2.49. The van der Waals surface area contributed by atoms with Crippen molar-refractivity contribution in [3.05, 3.63) is 30.3 Å². The third-order valence-corrected chi connectivity index (χ3v) is 5.39. The van der Waals surface area contributed by atoms with Crippen LogP contribution in [-0.4, -0.2) is 22.5 Å². The van der Waals surface area contributed by atoms with Crippen molar-refractivity contribution in [2.75, 3.05) is 0 Å². The van der Waals surface area contributed by atoms with E-state index in [0.29, 0.717) is 5.17 Å². The minimum absolute atomic E-state index is 0.0211. The smallest absolute Gasteiger partial charge is 0.276 e. The van der Waals surface area contributed by atoms with Gasteiger partial charge in [-0.05, 0) is 61.4 Å². The SMILES string of the molecule is CC(NC(=S)Oc1ccccc1)C1(C)CC(NC(=O)S)CC(C)(C)C1. The fourth-order valence-electron chi connectivity index (χ4n) is 4.12. The number of hydrogen-bond acceptors (Lipinski definition) is 3. The van der Waals surface area contributed by atoms with Gasteiger partial charge >= 0.3 is 0 Å². The zero-order valence-corrected chi connectivity index (χ0v) is 17.0. The molecule has 1 aromatic carbocycles. The van der Waals surface area contributed by atoms with E-state index in [-0.39, 0.29) is 28.2 Å². The minimum atomic E-state index is -0.270. The van der Waals surface area contributed by atoms with E-state index in [2.05, 4.69) is 51.0 Å². The number of carbonyl (C=O) groups is 1. The highest BCUT2D eigenvalue weighted by atomic mass is 32.1. The van der Waals surface area contributed by atoms with Crippen LogP contribution < -0.4 is 15.4 Å². The lowest BCUT2D eigenvalue weighted by atomic mass is 9.60. The van der Waals surface area contributed by atoms with E-state index >= 15 is 0 Å². The van der Waals surface area contributed by atoms with E-state index in [1.807, 2.05) is 30.3 Å². The molecule has 0 radical (unpaired) electrons. The second kappa shape index (κ2) is 7.96. The molecular weight excluding hydrogens is 352 g/mol. The Bertz CT molecular complexity index is 621. The lowest BCUT2D eigenvalue weighted by Crippen LogP contribution is -2.54. The molecular formula is C19H28N2O2S2. The summed E-state index contributed by atoms with van der Waals surface area (Å²) in [5.74, 6) is 0.724. The molecule has 1 aliphatic carbocycles. The maximum atomic E-state index is 11.4. The highest BCUT2D eigenvalue weighted by molar-refractivity contribution is 7.96. The molecule has 0 heterocycles. The summed E-state index contributed by atoms with van der Waals surface area (Å²) in [6.07, 6.45) is 2.87. The first-order valence-electron chi connectivity index (χ1n) is 8.62. The van der Waals surface area contributed by atoms with Gasteiger partial charge in [0.2, 0.25) is 0 Å². The van der Waals surface area contributed by atoms with Gasteiger partial charge in [-0.1, -0.05) is 51.6 Å². The molecule has 1 saturated carbocycles. The second-order valence-electron chi connectivity index (χ2n) is 8.12. The summed E-state index contributed by atoms with van der Waals surface area (Å²) in [5, 5.41) is 6.41. The Labute approximate surface area is 161 Å². The Morgan fingerprint density at radius 2 is 1.92 bits per heavy atom. The van der Waals surface area contributed by atoms with Gasteiger partial charge in [0.15, 0.2) is 0 Å². The molecule has 25 heavy (non-hydrogen) atoms. The molecule has 2 rings (SSSR count). The van der Waals surface area contributed by atoms with Crippen LogP contribution in [0.15, 0.2) is 30.3 Å². The predicted molar refractivity (Wildman–Crippen MR) is 109 cm³/mol. The molecule has 1 fully saturated rings. The number of thiocarbonyl (C=S) groups is 1. The molecule has 0 aromatic heterocycles. The van der Waals surface area contributed by atoms with Gasteiger partial charge in [0, 0.05) is 12.1 Å². The number of nitrogens with one attached hydrogen (secondary N) is 2. The molecule has 0 saturated heterocycles. The first-order valence-corrected chi connectivity index (χ1v) is 9.48. The predicted octanol–water partition coefficient (Wildman–Crippen LogP) is 4.55. The van der Waals surface area contributed by atoms with Crippen molar-refractivity contribution in [3.8, 4) is 5.75 Å². The number of amides is 1. The van der Waals surface area contributed by atoms with Crippen LogP contribution in [0.3, 0.4) is 0 Å². The highest BCUT2D eigenvalue weighted by Gasteiger charge is 2.44. The van der Waals surface area contributed by atoms with E-state index in [0.717, 1.165) is 25.0 Å². The molecule has 3 unspecified atom stereocenters. The van der Waals surface area contributed by atoms with Crippen LogP contribution in [0.4, 0.5) is 4.79 Å². The summed E-state index contributed by atoms with van der Waals surface area (Å²) < 4.78 is 5.70.